The number of aromatic nitrogens is 4. The number of carbonyl (C=O) groups is 1. The second kappa shape index (κ2) is 15.4. The molecule has 2 aliphatic heterocycles. The molecule has 0 radical (unpaired) electrons. The van der Waals surface area contributed by atoms with E-state index in [0.717, 1.165) is 74.0 Å². The highest BCUT2D eigenvalue weighted by Gasteiger charge is 2.25. The van der Waals surface area contributed by atoms with Crippen molar-refractivity contribution in [3.63, 3.8) is 0 Å². The fraction of sp³-hybridized carbons (Fsp3) is 0.400. The average molecular weight is 624 g/mol. The molecule has 2 aromatic heterocycles. The SMILES string of the molecule is CCOc1ccccc1OC1CCCN(c2cncc(Nc3nccc(N4CCCC(CC(=O)OCc5ccccc5)C4)n3)n2)C1. The van der Waals surface area contributed by atoms with Crippen LogP contribution in [0.1, 0.15) is 44.6 Å². The van der Waals surface area contributed by atoms with Gasteiger partial charge in [0.15, 0.2) is 17.3 Å². The van der Waals surface area contributed by atoms with Gasteiger partial charge in [0.2, 0.25) is 5.95 Å². The Morgan fingerprint density at radius 1 is 0.891 bits per heavy atom. The molecule has 0 amide bonds. The van der Waals surface area contributed by atoms with E-state index in [1.54, 1.807) is 18.6 Å². The molecule has 6 rings (SSSR count). The number of benzene rings is 2. The highest BCUT2D eigenvalue weighted by Crippen LogP contribution is 2.30. The van der Waals surface area contributed by atoms with Crippen molar-refractivity contribution >= 4 is 29.4 Å². The molecule has 11 heteroatoms. The first-order valence-electron chi connectivity index (χ1n) is 16.1. The fourth-order valence-corrected chi connectivity index (χ4v) is 5.99. The van der Waals surface area contributed by atoms with Crippen molar-refractivity contribution in [2.45, 2.75) is 51.7 Å². The van der Waals surface area contributed by atoms with Crippen molar-refractivity contribution in [1.82, 2.24) is 19.9 Å². The Kier molecular flexibility index (Phi) is 10.4. The number of esters is 1. The van der Waals surface area contributed by atoms with Gasteiger partial charge in [-0.05, 0) is 62.3 Å². The third-order valence-corrected chi connectivity index (χ3v) is 8.19. The highest BCUT2D eigenvalue weighted by molar-refractivity contribution is 5.70. The Labute approximate surface area is 270 Å². The zero-order chi connectivity index (χ0) is 31.6. The predicted molar refractivity (Wildman–Crippen MR) is 177 cm³/mol. The minimum atomic E-state index is -0.166. The monoisotopic (exact) mass is 623 g/mol. The molecule has 240 valence electrons. The standard InChI is InChI=1S/C35H41N7O4/c1-2-44-29-14-6-7-15-30(29)46-28-13-9-19-42(24-28)33-22-36-21-31(38-33)39-35-37-17-16-32(40-35)41-18-8-12-27(23-41)20-34(43)45-25-26-10-4-3-5-11-26/h3-7,10-11,14-17,21-22,27-28H,2,8-9,12-13,18-20,23-25H2,1H3,(H,37,38,39,40). The molecule has 1 N–H and O–H groups in total. The second-order valence-electron chi connectivity index (χ2n) is 11.6. The Hall–Kier alpha value is -4.93. The lowest BCUT2D eigenvalue weighted by atomic mass is 9.95. The molecular weight excluding hydrogens is 582 g/mol. The van der Waals surface area contributed by atoms with Gasteiger partial charge < -0.3 is 29.3 Å². The van der Waals surface area contributed by atoms with Gasteiger partial charge in [0.05, 0.1) is 32.0 Å². The summed E-state index contributed by atoms with van der Waals surface area (Å²) in [7, 11) is 0. The van der Waals surface area contributed by atoms with Crippen molar-refractivity contribution in [2.24, 2.45) is 5.92 Å². The van der Waals surface area contributed by atoms with Gasteiger partial charge in [0.1, 0.15) is 24.3 Å². The van der Waals surface area contributed by atoms with Gasteiger partial charge in [-0.25, -0.2) is 9.97 Å². The Bertz CT molecular complexity index is 1570. The summed E-state index contributed by atoms with van der Waals surface area (Å²) < 4.78 is 17.7. The smallest absolute Gasteiger partial charge is 0.306 e. The lowest BCUT2D eigenvalue weighted by molar-refractivity contribution is -0.146. The minimum Gasteiger partial charge on any atom is -0.490 e. The van der Waals surface area contributed by atoms with Crippen molar-refractivity contribution in [1.29, 1.82) is 0 Å². The second-order valence-corrected chi connectivity index (χ2v) is 11.6. The summed E-state index contributed by atoms with van der Waals surface area (Å²) in [6.45, 7) is 6.03. The molecule has 2 atom stereocenters. The molecule has 0 bridgehead atoms. The molecule has 2 unspecified atom stereocenters. The zero-order valence-electron chi connectivity index (χ0n) is 26.3. The molecule has 2 aromatic carbocycles. The van der Waals surface area contributed by atoms with Crippen LogP contribution in [0.4, 0.5) is 23.4 Å². The van der Waals surface area contributed by atoms with Crippen molar-refractivity contribution < 1.29 is 19.0 Å². The van der Waals surface area contributed by atoms with E-state index in [1.807, 2.05) is 67.6 Å². The van der Waals surface area contributed by atoms with Gasteiger partial charge in [0.25, 0.3) is 0 Å². The van der Waals surface area contributed by atoms with Crippen molar-refractivity contribution in [3.05, 3.63) is 84.8 Å². The largest absolute Gasteiger partial charge is 0.490 e. The average Bonchev–Trinajstić information content (AvgIpc) is 3.09. The lowest BCUT2D eigenvalue weighted by Crippen LogP contribution is -2.41. The number of piperidine rings is 2. The number of hydrogen-bond acceptors (Lipinski definition) is 11. The van der Waals surface area contributed by atoms with E-state index in [2.05, 4.69) is 25.1 Å². The predicted octanol–water partition coefficient (Wildman–Crippen LogP) is 5.81. The number of carbonyl (C=O) groups excluding carboxylic acids is 1. The summed E-state index contributed by atoms with van der Waals surface area (Å²) in [6, 6.07) is 19.5. The number of ether oxygens (including phenoxy) is 3. The van der Waals surface area contributed by atoms with E-state index in [4.69, 9.17) is 24.2 Å². The van der Waals surface area contributed by atoms with Gasteiger partial charge in [0, 0.05) is 25.8 Å². The van der Waals surface area contributed by atoms with Crippen LogP contribution in [0.3, 0.4) is 0 Å². The van der Waals surface area contributed by atoms with Crippen LogP contribution in [0, 0.1) is 5.92 Å². The van der Waals surface area contributed by atoms with Crippen LogP contribution in [0.5, 0.6) is 11.5 Å². The third kappa shape index (κ3) is 8.41. The van der Waals surface area contributed by atoms with Crippen LogP contribution < -0.4 is 24.6 Å². The normalized spacial score (nSPS) is 18.1. The van der Waals surface area contributed by atoms with E-state index in [0.29, 0.717) is 37.9 Å². The molecule has 0 aliphatic carbocycles. The fourth-order valence-electron chi connectivity index (χ4n) is 5.99. The first kappa shape index (κ1) is 31.1. The Balaban J connectivity index is 1.04. The number of anilines is 4. The molecular formula is C35H41N7O4. The topological polar surface area (TPSA) is 115 Å². The van der Waals surface area contributed by atoms with Crippen LogP contribution in [-0.2, 0) is 16.1 Å². The summed E-state index contributed by atoms with van der Waals surface area (Å²) in [5.74, 6) is 4.15. The number of nitrogens with zero attached hydrogens (tertiary/aromatic N) is 6. The summed E-state index contributed by atoms with van der Waals surface area (Å²) in [4.78, 5) is 35.5. The Morgan fingerprint density at radius 2 is 1.67 bits per heavy atom. The molecule has 0 saturated carbocycles. The molecule has 11 nitrogen and oxygen atoms in total. The van der Waals surface area contributed by atoms with Crippen LogP contribution in [0.25, 0.3) is 0 Å². The molecule has 46 heavy (non-hydrogen) atoms. The lowest BCUT2D eigenvalue weighted by Gasteiger charge is -2.34. The Morgan fingerprint density at radius 3 is 2.52 bits per heavy atom. The maximum Gasteiger partial charge on any atom is 0.306 e. The van der Waals surface area contributed by atoms with Gasteiger partial charge in [-0.1, -0.05) is 42.5 Å². The third-order valence-electron chi connectivity index (χ3n) is 8.19. The van der Waals surface area contributed by atoms with E-state index in [-0.39, 0.29) is 18.0 Å². The molecule has 2 fully saturated rings. The maximum absolute atomic E-state index is 12.6. The van der Waals surface area contributed by atoms with Gasteiger partial charge in [-0.15, -0.1) is 0 Å². The van der Waals surface area contributed by atoms with Crippen LogP contribution >= 0.6 is 0 Å². The molecule has 4 aromatic rings. The summed E-state index contributed by atoms with van der Waals surface area (Å²) in [5, 5.41) is 3.24. The molecule has 4 heterocycles. The first-order chi connectivity index (χ1) is 22.6. The number of nitrogens with one attached hydrogen (secondary N) is 1. The first-order valence-corrected chi connectivity index (χ1v) is 16.1. The van der Waals surface area contributed by atoms with E-state index >= 15 is 0 Å². The summed E-state index contributed by atoms with van der Waals surface area (Å²) >= 11 is 0. The van der Waals surface area contributed by atoms with Crippen molar-refractivity contribution in [2.75, 3.05) is 47.9 Å². The number of para-hydroxylation sites is 2. The van der Waals surface area contributed by atoms with Crippen LogP contribution in [0.15, 0.2) is 79.3 Å². The zero-order valence-corrected chi connectivity index (χ0v) is 26.3. The molecule has 2 aliphatic rings. The van der Waals surface area contributed by atoms with Gasteiger partial charge >= 0.3 is 5.97 Å². The van der Waals surface area contributed by atoms with Gasteiger partial charge in [-0.3, -0.25) is 9.78 Å². The highest BCUT2D eigenvalue weighted by atomic mass is 16.5. The van der Waals surface area contributed by atoms with Gasteiger partial charge in [-0.2, -0.15) is 4.98 Å². The maximum atomic E-state index is 12.6. The minimum absolute atomic E-state index is 0.00729. The van der Waals surface area contributed by atoms with Crippen LogP contribution in [-0.4, -0.2) is 64.8 Å². The van der Waals surface area contributed by atoms with E-state index < -0.39 is 0 Å². The summed E-state index contributed by atoms with van der Waals surface area (Å²) in [6.07, 6.45) is 9.49. The molecule has 2 saturated heterocycles. The van der Waals surface area contributed by atoms with E-state index in [9.17, 15) is 4.79 Å². The number of hydrogen-bond donors (Lipinski definition) is 1. The van der Waals surface area contributed by atoms with Crippen LogP contribution in [0.2, 0.25) is 0 Å². The van der Waals surface area contributed by atoms with E-state index in [1.165, 1.54) is 0 Å². The molecule has 0 spiro atoms. The summed E-state index contributed by atoms with van der Waals surface area (Å²) in [5.41, 5.74) is 0.992. The van der Waals surface area contributed by atoms with Crippen molar-refractivity contribution in [3.8, 4) is 11.5 Å². The number of rotatable bonds is 12. The quantitative estimate of drug-likeness (QED) is 0.193.